The molecule has 2 N–H and O–H groups in total. The van der Waals surface area contributed by atoms with Crippen LogP contribution in [0.5, 0.6) is 5.75 Å². The fourth-order valence-corrected chi connectivity index (χ4v) is 4.06. The zero-order valence-electron chi connectivity index (χ0n) is 18.5. The van der Waals surface area contributed by atoms with E-state index in [2.05, 4.69) is 46.5 Å². The number of benzene rings is 3. The smallest absolute Gasteiger partial charge is 0.224 e. The summed E-state index contributed by atoms with van der Waals surface area (Å²) in [7, 11) is 3.71. The van der Waals surface area contributed by atoms with Crippen molar-refractivity contribution < 1.29 is 9.53 Å². The molecule has 5 heteroatoms. The quantitative estimate of drug-likeness (QED) is 0.411. The van der Waals surface area contributed by atoms with Crippen LogP contribution in [0.3, 0.4) is 0 Å². The lowest BCUT2D eigenvalue weighted by Gasteiger charge is -2.27. The summed E-state index contributed by atoms with van der Waals surface area (Å²) in [5.74, 6) is 0.793. The highest BCUT2D eigenvalue weighted by molar-refractivity contribution is 5.89. The minimum absolute atomic E-state index is 0.0103. The Morgan fingerprint density at radius 2 is 1.75 bits per heavy atom. The Morgan fingerprint density at radius 1 is 1.03 bits per heavy atom. The molecule has 0 aliphatic carbocycles. The van der Waals surface area contributed by atoms with E-state index in [9.17, 15) is 4.79 Å². The molecule has 1 atom stereocenters. The molecule has 164 valence electrons. The molecule has 0 aliphatic rings. The number of likely N-dealkylation sites (N-methyl/N-ethyl adjacent to an activating group) is 1. The average molecular weight is 428 g/mol. The predicted molar refractivity (Wildman–Crippen MR) is 130 cm³/mol. The van der Waals surface area contributed by atoms with E-state index >= 15 is 0 Å². The second kappa shape index (κ2) is 10.1. The van der Waals surface area contributed by atoms with E-state index in [0.717, 1.165) is 34.3 Å². The summed E-state index contributed by atoms with van der Waals surface area (Å²) in [4.78, 5) is 18.5. The summed E-state index contributed by atoms with van der Waals surface area (Å²) in [6.45, 7) is 0.715. The molecular weight excluding hydrogens is 398 g/mol. The molecule has 4 rings (SSSR count). The molecule has 1 amide bonds. The van der Waals surface area contributed by atoms with Crippen LogP contribution in [0.2, 0.25) is 0 Å². The van der Waals surface area contributed by atoms with Gasteiger partial charge in [0.15, 0.2) is 0 Å². The number of hydrogen-bond donors (Lipinski definition) is 2. The number of carbonyl (C=O) groups excluding carboxylic acids is 1. The maximum absolute atomic E-state index is 13.1. The summed E-state index contributed by atoms with van der Waals surface area (Å²) < 4.78 is 5.35. The number of carbonyl (C=O) groups is 1. The number of anilines is 1. The lowest BCUT2D eigenvalue weighted by atomic mass is 10.0. The van der Waals surface area contributed by atoms with Crippen LogP contribution in [-0.4, -0.2) is 37.6 Å². The topological polar surface area (TPSA) is 57.4 Å². The van der Waals surface area contributed by atoms with Gasteiger partial charge >= 0.3 is 0 Å². The van der Waals surface area contributed by atoms with E-state index in [0.29, 0.717) is 13.0 Å². The van der Waals surface area contributed by atoms with Crippen LogP contribution in [0, 0.1) is 0 Å². The molecular formula is C27H29N3O2. The highest BCUT2D eigenvalue weighted by atomic mass is 16.5. The molecule has 0 spiro atoms. The van der Waals surface area contributed by atoms with Crippen LogP contribution in [0.1, 0.15) is 11.1 Å². The van der Waals surface area contributed by atoms with Crippen LogP contribution < -0.4 is 15.0 Å². The Kier molecular flexibility index (Phi) is 6.75. The zero-order chi connectivity index (χ0) is 22.3. The van der Waals surface area contributed by atoms with Gasteiger partial charge in [0.2, 0.25) is 5.91 Å². The van der Waals surface area contributed by atoms with Gasteiger partial charge in [0, 0.05) is 36.4 Å². The lowest BCUT2D eigenvalue weighted by Crippen LogP contribution is -2.44. The lowest BCUT2D eigenvalue weighted by molar-refractivity contribution is -0.121. The Labute approximate surface area is 189 Å². The molecule has 0 fully saturated rings. The third-order valence-electron chi connectivity index (χ3n) is 5.71. The van der Waals surface area contributed by atoms with Crippen LogP contribution in [-0.2, 0) is 17.6 Å². The Balaban J connectivity index is 1.49. The summed E-state index contributed by atoms with van der Waals surface area (Å²) in [6.07, 6.45) is 2.99. The van der Waals surface area contributed by atoms with Crippen molar-refractivity contribution in [3.63, 3.8) is 0 Å². The summed E-state index contributed by atoms with van der Waals surface area (Å²) in [5, 5.41) is 4.29. The van der Waals surface area contributed by atoms with Gasteiger partial charge in [0.1, 0.15) is 5.75 Å². The predicted octanol–water partition coefficient (Wildman–Crippen LogP) is 4.58. The number of para-hydroxylation sites is 1. The first-order chi connectivity index (χ1) is 15.6. The average Bonchev–Trinajstić information content (AvgIpc) is 3.21. The van der Waals surface area contributed by atoms with E-state index in [1.807, 2.05) is 60.8 Å². The first-order valence-electron chi connectivity index (χ1n) is 10.9. The molecule has 0 radical (unpaired) electrons. The highest BCUT2D eigenvalue weighted by Crippen LogP contribution is 2.24. The van der Waals surface area contributed by atoms with Gasteiger partial charge in [0.05, 0.1) is 19.6 Å². The maximum Gasteiger partial charge on any atom is 0.224 e. The van der Waals surface area contributed by atoms with Crippen LogP contribution >= 0.6 is 0 Å². The Morgan fingerprint density at radius 3 is 2.47 bits per heavy atom. The molecule has 0 bridgehead atoms. The number of fused-ring (bicyclic) bond motifs is 1. The summed E-state index contributed by atoms with van der Waals surface area (Å²) in [5.41, 5.74) is 4.30. The molecule has 1 heterocycles. The fraction of sp³-hybridized carbons (Fsp3) is 0.222. The number of H-pyrrole nitrogens is 1. The number of rotatable bonds is 9. The molecule has 0 saturated heterocycles. The van der Waals surface area contributed by atoms with Gasteiger partial charge in [0.25, 0.3) is 0 Å². The van der Waals surface area contributed by atoms with Crippen molar-refractivity contribution in [2.45, 2.75) is 18.9 Å². The van der Waals surface area contributed by atoms with Gasteiger partial charge in [-0.3, -0.25) is 4.79 Å². The maximum atomic E-state index is 13.1. The molecule has 3 aromatic carbocycles. The SMILES string of the molecule is COc1ccc2[nH]cc(CC(=O)N[C@@H](Cc3ccccc3)CN(C)c3ccccc3)c2c1. The standard InChI is InChI=1S/C27H29N3O2/c1-30(23-11-7-4-8-12-23)19-22(15-20-9-5-3-6-10-20)29-27(31)16-21-18-28-26-14-13-24(32-2)17-25(21)26/h3-14,17-18,22,28H,15-16,19H2,1-2H3,(H,29,31)/t22-/m0/s1. The van der Waals surface area contributed by atoms with Gasteiger partial charge in [-0.05, 0) is 47.9 Å². The molecule has 5 nitrogen and oxygen atoms in total. The van der Waals surface area contributed by atoms with Gasteiger partial charge in [-0.15, -0.1) is 0 Å². The van der Waals surface area contributed by atoms with Gasteiger partial charge in [-0.1, -0.05) is 48.5 Å². The number of ether oxygens (including phenoxy) is 1. The molecule has 0 aliphatic heterocycles. The number of methoxy groups -OCH3 is 1. The largest absolute Gasteiger partial charge is 0.497 e. The van der Waals surface area contributed by atoms with Crippen LogP contribution in [0.25, 0.3) is 10.9 Å². The third-order valence-corrected chi connectivity index (χ3v) is 5.71. The zero-order valence-corrected chi connectivity index (χ0v) is 18.5. The van der Waals surface area contributed by atoms with Crippen molar-refractivity contribution in [1.29, 1.82) is 0 Å². The molecule has 0 saturated carbocycles. The number of nitrogens with zero attached hydrogens (tertiary/aromatic N) is 1. The number of aromatic amines is 1. The van der Waals surface area contributed by atoms with E-state index in [1.165, 1.54) is 5.56 Å². The van der Waals surface area contributed by atoms with Gasteiger partial charge in [-0.2, -0.15) is 0 Å². The molecule has 32 heavy (non-hydrogen) atoms. The first-order valence-corrected chi connectivity index (χ1v) is 10.9. The molecule has 0 unspecified atom stereocenters. The van der Waals surface area contributed by atoms with E-state index in [1.54, 1.807) is 7.11 Å². The van der Waals surface area contributed by atoms with E-state index < -0.39 is 0 Å². The second-order valence-electron chi connectivity index (χ2n) is 8.07. The van der Waals surface area contributed by atoms with Gasteiger partial charge in [-0.25, -0.2) is 0 Å². The van der Waals surface area contributed by atoms with Crippen LogP contribution in [0.15, 0.2) is 85.1 Å². The minimum Gasteiger partial charge on any atom is -0.497 e. The third kappa shape index (κ3) is 5.30. The summed E-state index contributed by atoms with van der Waals surface area (Å²) in [6, 6.07) is 26.4. The summed E-state index contributed by atoms with van der Waals surface area (Å²) >= 11 is 0. The minimum atomic E-state index is -0.0187. The van der Waals surface area contributed by atoms with Crippen molar-refractivity contribution in [3.8, 4) is 5.75 Å². The Bertz CT molecular complexity index is 1160. The first kappa shape index (κ1) is 21.5. The van der Waals surface area contributed by atoms with Crippen molar-refractivity contribution in [2.24, 2.45) is 0 Å². The highest BCUT2D eigenvalue weighted by Gasteiger charge is 2.17. The van der Waals surface area contributed by atoms with Crippen molar-refractivity contribution in [2.75, 3.05) is 25.6 Å². The number of amides is 1. The van der Waals surface area contributed by atoms with Gasteiger partial charge < -0.3 is 19.9 Å². The number of hydrogen-bond acceptors (Lipinski definition) is 3. The molecule has 4 aromatic rings. The molecule has 1 aromatic heterocycles. The monoisotopic (exact) mass is 427 g/mol. The van der Waals surface area contributed by atoms with Crippen molar-refractivity contribution >= 4 is 22.5 Å². The normalized spacial score (nSPS) is 11.8. The van der Waals surface area contributed by atoms with E-state index in [-0.39, 0.29) is 11.9 Å². The van der Waals surface area contributed by atoms with Crippen LogP contribution in [0.4, 0.5) is 5.69 Å². The number of aromatic nitrogens is 1. The van der Waals surface area contributed by atoms with Crippen molar-refractivity contribution in [3.05, 3.63) is 96.2 Å². The Hall–Kier alpha value is -3.73. The van der Waals surface area contributed by atoms with E-state index in [4.69, 9.17) is 4.74 Å². The second-order valence-corrected chi connectivity index (χ2v) is 8.07. The number of nitrogens with one attached hydrogen (secondary N) is 2. The fourth-order valence-electron chi connectivity index (χ4n) is 4.06. The van der Waals surface area contributed by atoms with Crippen molar-refractivity contribution in [1.82, 2.24) is 10.3 Å².